The summed E-state index contributed by atoms with van der Waals surface area (Å²) in [6, 6.07) is 54.3. The lowest BCUT2D eigenvalue weighted by Gasteiger charge is -2.16. The largest absolute Gasteiger partial charge is 0.319 e. The SMILES string of the molecule is [C-]#[N+]c1ccc2c(c1)c1ccccc1n2-c1ccccc1-c1ccc(-c2cccc(-n3c4ccccc4c4ccccc43)c2[N+]#[C-])cc1. The van der Waals surface area contributed by atoms with Crippen molar-refractivity contribution in [2.45, 2.75) is 0 Å². The summed E-state index contributed by atoms with van der Waals surface area (Å²) in [4.78, 5) is 7.81. The van der Waals surface area contributed by atoms with E-state index < -0.39 is 0 Å². The summed E-state index contributed by atoms with van der Waals surface area (Å²) in [5, 5.41) is 4.54. The zero-order valence-electron chi connectivity index (χ0n) is 25.8. The fourth-order valence-corrected chi connectivity index (χ4v) is 7.28. The molecule has 0 amide bonds. The third-order valence-corrected chi connectivity index (χ3v) is 9.38. The quantitative estimate of drug-likeness (QED) is 0.177. The van der Waals surface area contributed by atoms with E-state index >= 15 is 0 Å². The summed E-state index contributed by atoms with van der Waals surface area (Å²) >= 11 is 0. The van der Waals surface area contributed by atoms with Gasteiger partial charge in [0.2, 0.25) is 5.69 Å². The van der Waals surface area contributed by atoms with Gasteiger partial charge in [-0.1, -0.05) is 115 Å². The Bertz CT molecular complexity index is 2750. The van der Waals surface area contributed by atoms with Crippen molar-refractivity contribution < 1.29 is 0 Å². The average Bonchev–Trinajstić information content (AvgIpc) is 3.67. The molecule has 0 aliphatic heterocycles. The Balaban J connectivity index is 1.18. The molecule has 0 bridgehead atoms. The van der Waals surface area contributed by atoms with Gasteiger partial charge in [0.05, 0.1) is 46.6 Å². The molecule has 48 heavy (non-hydrogen) atoms. The first-order chi connectivity index (χ1) is 23.7. The second-order valence-electron chi connectivity index (χ2n) is 11.9. The number of para-hydroxylation sites is 5. The fourth-order valence-electron chi connectivity index (χ4n) is 7.28. The summed E-state index contributed by atoms with van der Waals surface area (Å²) in [5.74, 6) is 0. The first-order valence-corrected chi connectivity index (χ1v) is 15.8. The number of rotatable bonds is 4. The van der Waals surface area contributed by atoms with Crippen molar-refractivity contribution in [1.29, 1.82) is 0 Å². The highest BCUT2D eigenvalue weighted by Crippen LogP contribution is 2.42. The predicted molar refractivity (Wildman–Crippen MR) is 199 cm³/mol. The first-order valence-electron chi connectivity index (χ1n) is 15.8. The number of nitrogens with zero attached hydrogens (tertiary/aromatic N) is 4. The number of benzene rings is 7. The van der Waals surface area contributed by atoms with Crippen LogP contribution in [0.3, 0.4) is 0 Å². The van der Waals surface area contributed by atoms with Crippen LogP contribution in [0.4, 0.5) is 11.4 Å². The van der Waals surface area contributed by atoms with Crippen LogP contribution in [0, 0.1) is 13.1 Å². The molecule has 0 saturated carbocycles. The van der Waals surface area contributed by atoms with Crippen molar-refractivity contribution in [3.63, 3.8) is 0 Å². The van der Waals surface area contributed by atoms with Crippen LogP contribution in [0.2, 0.25) is 0 Å². The van der Waals surface area contributed by atoms with Gasteiger partial charge in [-0.2, -0.15) is 0 Å². The monoisotopic (exact) mass is 610 g/mol. The lowest BCUT2D eigenvalue weighted by atomic mass is 9.97. The molecule has 0 atom stereocenters. The first kappa shape index (κ1) is 27.4. The van der Waals surface area contributed by atoms with Crippen molar-refractivity contribution in [2.24, 2.45) is 0 Å². The van der Waals surface area contributed by atoms with Crippen LogP contribution < -0.4 is 0 Å². The Morgan fingerprint density at radius 2 is 0.854 bits per heavy atom. The Labute approximate surface area is 277 Å². The second kappa shape index (κ2) is 10.9. The van der Waals surface area contributed by atoms with Gasteiger partial charge in [0, 0.05) is 21.7 Å². The molecule has 0 unspecified atom stereocenters. The maximum Gasteiger partial charge on any atom is 0.218 e. The minimum absolute atomic E-state index is 0.626. The van der Waals surface area contributed by atoms with E-state index in [1.807, 2.05) is 30.3 Å². The van der Waals surface area contributed by atoms with Gasteiger partial charge in [0.1, 0.15) is 0 Å². The van der Waals surface area contributed by atoms with Gasteiger partial charge < -0.3 is 9.13 Å². The van der Waals surface area contributed by atoms with E-state index in [-0.39, 0.29) is 0 Å². The molecule has 0 aliphatic rings. The highest BCUT2D eigenvalue weighted by atomic mass is 15.0. The van der Waals surface area contributed by atoms with E-state index in [1.54, 1.807) is 0 Å². The fraction of sp³-hybridized carbons (Fsp3) is 0. The summed E-state index contributed by atoms with van der Waals surface area (Å²) in [6.07, 6.45) is 0. The van der Waals surface area contributed by atoms with E-state index in [0.717, 1.165) is 66.5 Å². The van der Waals surface area contributed by atoms with Crippen LogP contribution in [-0.2, 0) is 0 Å². The van der Waals surface area contributed by atoms with Crippen LogP contribution >= 0.6 is 0 Å². The van der Waals surface area contributed by atoms with E-state index in [2.05, 4.69) is 146 Å². The highest BCUT2D eigenvalue weighted by Gasteiger charge is 2.19. The Morgan fingerprint density at radius 3 is 1.48 bits per heavy atom. The highest BCUT2D eigenvalue weighted by molar-refractivity contribution is 6.11. The molecule has 4 heteroatoms. The normalized spacial score (nSPS) is 11.3. The topological polar surface area (TPSA) is 18.6 Å². The summed E-state index contributed by atoms with van der Waals surface area (Å²) in [6.45, 7) is 15.9. The standard InChI is InChI=1S/C44H26N4/c1-45-31-26-27-42-37(28-31)36-15-6-10-20-41(36)47(42)38-17-7-3-12-32(38)29-22-24-30(25-23-29)33-16-11-21-43(44(33)46-2)48-39-18-8-4-13-34(39)35-14-5-9-19-40(35)48/h3-28H. The minimum Gasteiger partial charge on any atom is -0.319 e. The summed E-state index contributed by atoms with van der Waals surface area (Å²) < 4.78 is 4.52. The molecule has 2 heterocycles. The van der Waals surface area contributed by atoms with Crippen molar-refractivity contribution in [1.82, 2.24) is 9.13 Å². The molecule has 0 radical (unpaired) electrons. The molecule has 9 rings (SSSR count). The smallest absolute Gasteiger partial charge is 0.218 e. The van der Waals surface area contributed by atoms with E-state index in [9.17, 15) is 0 Å². The van der Waals surface area contributed by atoms with Gasteiger partial charge in [0.15, 0.2) is 5.69 Å². The van der Waals surface area contributed by atoms with Crippen molar-refractivity contribution in [3.8, 4) is 33.6 Å². The molecule has 0 spiro atoms. The van der Waals surface area contributed by atoms with Gasteiger partial charge in [0.25, 0.3) is 0 Å². The van der Waals surface area contributed by atoms with Crippen LogP contribution in [0.1, 0.15) is 0 Å². The third-order valence-electron chi connectivity index (χ3n) is 9.38. The van der Waals surface area contributed by atoms with E-state index in [1.165, 1.54) is 10.8 Å². The van der Waals surface area contributed by atoms with Crippen molar-refractivity contribution >= 4 is 55.0 Å². The van der Waals surface area contributed by atoms with Crippen molar-refractivity contribution in [3.05, 3.63) is 181 Å². The second-order valence-corrected chi connectivity index (χ2v) is 11.9. The molecular formula is C44H26N4. The maximum absolute atomic E-state index is 8.33. The molecule has 4 nitrogen and oxygen atoms in total. The molecule has 0 fully saturated rings. The number of hydrogen-bond donors (Lipinski definition) is 0. The zero-order chi connectivity index (χ0) is 32.2. The predicted octanol–water partition coefficient (Wildman–Crippen LogP) is 12.3. The van der Waals surface area contributed by atoms with Crippen molar-refractivity contribution in [2.75, 3.05) is 0 Å². The summed E-state index contributed by atoms with van der Waals surface area (Å²) in [7, 11) is 0. The molecule has 0 aliphatic carbocycles. The third kappa shape index (κ3) is 4.07. The van der Waals surface area contributed by atoms with Crippen LogP contribution in [0.5, 0.6) is 0 Å². The number of aromatic nitrogens is 2. The van der Waals surface area contributed by atoms with Gasteiger partial charge in [-0.25, -0.2) is 9.69 Å². The molecular weight excluding hydrogens is 585 g/mol. The van der Waals surface area contributed by atoms with Crippen LogP contribution in [-0.4, -0.2) is 9.13 Å². The zero-order valence-corrected chi connectivity index (χ0v) is 25.8. The van der Waals surface area contributed by atoms with E-state index in [4.69, 9.17) is 13.1 Å². The Hall–Kier alpha value is -6.88. The summed E-state index contributed by atoms with van der Waals surface area (Å²) in [5.41, 5.74) is 11.6. The lowest BCUT2D eigenvalue weighted by Crippen LogP contribution is -1.97. The van der Waals surface area contributed by atoms with Gasteiger partial charge in [-0.3, -0.25) is 0 Å². The van der Waals surface area contributed by atoms with Crippen LogP contribution in [0.25, 0.3) is 86.9 Å². The number of fused-ring (bicyclic) bond motifs is 6. The molecule has 0 saturated heterocycles. The Morgan fingerprint density at radius 1 is 0.375 bits per heavy atom. The number of hydrogen-bond acceptors (Lipinski definition) is 0. The molecule has 0 N–H and O–H groups in total. The maximum atomic E-state index is 8.33. The lowest BCUT2D eigenvalue weighted by molar-refractivity contribution is 1.18. The van der Waals surface area contributed by atoms with Gasteiger partial charge in [-0.05, 0) is 64.5 Å². The molecule has 2 aromatic heterocycles. The van der Waals surface area contributed by atoms with E-state index in [0.29, 0.717) is 11.4 Å². The van der Waals surface area contributed by atoms with Crippen LogP contribution in [0.15, 0.2) is 158 Å². The molecule has 9 aromatic rings. The average molecular weight is 611 g/mol. The minimum atomic E-state index is 0.626. The van der Waals surface area contributed by atoms with Gasteiger partial charge in [-0.15, -0.1) is 0 Å². The Kier molecular flexibility index (Phi) is 6.22. The molecule has 222 valence electrons. The molecule has 7 aromatic carbocycles. The van der Waals surface area contributed by atoms with Gasteiger partial charge >= 0.3 is 0 Å².